The van der Waals surface area contributed by atoms with Crippen LogP contribution >= 0.6 is 50.9 Å². The number of anilines is 1. The van der Waals surface area contributed by atoms with Crippen LogP contribution in [-0.2, 0) is 11.3 Å². The van der Waals surface area contributed by atoms with E-state index < -0.39 is 0 Å². The summed E-state index contributed by atoms with van der Waals surface area (Å²) >= 11 is 17.0. The zero-order valence-electron chi connectivity index (χ0n) is 16.2. The van der Waals surface area contributed by atoms with Crippen LogP contribution < -0.4 is 10.1 Å². The highest BCUT2D eigenvalue weighted by Crippen LogP contribution is 2.30. The van der Waals surface area contributed by atoms with Crippen molar-refractivity contribution in [2.75, 3.05) is 11.1 Å². The highest BCUT2D eigenvalue weighted by molar-refractivity contribution is 9.10. The van der Waals surface area contributed by atoms with Crippen LogP contribution in [0, 0.1) is 0 Å². The molecule has 1 atom stereocenters. The molecule has 1 N–H and O–H groups in total. The molecule has 0 bridgehead atoms. The average Bonchev–Trinajstić information content (AvgIpc) is 3.13. The molecule has 0 radical (unpaired) electrons. The van der Waals surface area contributed by atoms with Crippen molar-refractivity contribution in [3.63, 3.8) is 0 Å². The second-order valence-corrected chi connectivity index (χ2v) is 8.91. The summed E-state index contributed by atoms with van der Waals surface area (Å²) in [6.45, 7) is 4.51. The molecule has 10 heteroatoms. The van der Waals surface area contributed by atoms with Gasteiger partial charge in [0.1, 0.15) is 5.75 Å². The molecule has 0 aliphatic rings. The van der Waals surface area contributed by atoms with Crippen molar-refractivity contribution in [3.8, 4) is 5.75 Å². The number of halogens is 3. The van der Waals surface area contributed by atoms with E-state index in [2.05, 4.69) is 31.4 Å². The van der Waals surface area contributed by atoms with E-state index >= 15 is 0 Å². The molecule has 1 unspecified atom stereocenters. The van der Waals surface area contributed by atoms with Crippen molar-refractivity contribution in [1.82, 2.24) is 14.8 Å². The van der Waals surface area contributed by atoms with Crippen LogP contribution in [0.3, 0.4) is 0 Å². The number of para-hydroxylation sites is 1. The number of amides is 1. The summed E-state index contributed by atoms with van der Waals surface area (Å²) in [6, 6.07) is 12.6. The van der Waals surface area contributed by atoms with Crippen LogP contribution in [0.1, 0.15) is 25.8 Å². The zero-order valence-corrected chi connectivity index (χ0v) is 20.1. The normalized spacial score (nSPS) is 11.9. The minimum absolute atomic E-state index is 0.171. The molecule has 1 aromatic heterocycles. The summed E-state index contributed by atoms with van der Waals surface area (Å²) in [5.41, 5.74) is 0.560. The number of carbonyl (C=O) groups excluding carboxylic acids is 1. The highest BCUT2D eigenvalue weighted by atomic mass is 79.9. The zero-order chi connectivity index (χ0) is 21.7. The second kappa shape index (κ2) is 10.5. The first-order chi connectivity index (χ1) is 14.4. The summed E-state index contributed by atoms with van der Waals surface area (Å²) in [5.74, 6) is 1.23. The summed E-state index contributed by atoms with van der Waals surface area (Å²) in [4.78, 5) is 12.3. The van der Waals surface area contributed by atoms with Crippen LogP contribution in [-0.4, -0.2) is 26.4 Å². The maximum atomic E-state index is 12.3. The van der Waals surface area contributed by atoms with E-state index in [0.29, 0.717) is 39.0 Å². The molecule has 2 aromatic carbocycles. The third kappa shape index (κ3) is 5.69. The number of aromatic nitrogens is 3. The van der Waals surface area contributed by atoms with E-state index in [9.17, 15) is 4.79 Å². The topological polar surface area (TPSA) is 69.0 Å². The summed E-state index contributed by atoms with van der Waals surface area (Å²) < 4.78 is 8.72. The number of hydrogen-bond donors (Lipinski definition) is 1. The van der Waals surface area contributed by atoms with Crippen LogP contribution in [0.2, 0.25) is 10.0 Å². The molecule has 0 aliphatic heterocycles. The van der Waals surface area contributed by atoms with Crippen LogP contribution in [0.4, 0.5) is 5.69 Å². The summed E-state index contributed by atoms with van der Waals surface area (Å²) in [7, 11) is 0. The van der Waals surface area contributed by atoms with Gasteiger partial charge in [0.15, 0.2) is 17.1 Å². The van der Waals surface area contributed by atoms with Gasteiger partial charge in [-0.15, -0.1) is 10.2 Å². The first kappa shape index (κ1) is 22.9. The Morgan fingerprint density at radius 2 is 2.00 bits per heavy atom. The minimum Gasteiger partial charge on any atom is -0.481 e. The number of thioether (sulfide) groups is 1. The Balaban J connectivity index is 1.65. The lowest BCUT2D eigenvalue weighted by Crippen LogP contribution is -2.15. The van der Waals surface area contributed by atoms with Crippen molar-refractivity contribution < 1.29 is 9.53 Å². The van der Waals surface area contributed by atoms with Gasteiger partial charge in [0.25, 0.3) is 0 Å². The van der Waals surface area contributed by atoms with Crippen molar-refractivity contribution in [1.29, 1.82) is 0 Å². The Morgan fingerprint density at radius 1 is 1.23 bits per heavy atom. The van der Waals surface area contributed by atoms with Crippen LogP contribution in [0.5, 0.6) is 5.75 Å². The first-order valence-electron chi connectivity index (χ1n) is 9.11. The molecule has 3 aromatic rings. The largest absolute Gasteiger partial charge is 0.481 e. The fourth-order valence-electron chi connectivity index (χ4n) is 2.70. The Bertz CT molecular complexity index is 1050. The quantitative estimate of drug-likeness (QED) is 0.350. The Morgan fingerprint density at radius 3 is 2.70 bits per heavy atom. The van der Waals surface area contributed by atoms with E-state index in [1.807, 2.05) is 36.6 Å². The maximum absolute atomic E-state index is 12.3. The predicted octanol–water partition coefficient (Wildman–Crippen LogP) is 6.24. The summed E-state index contributed by atoms with van der Waals surface area (Å²) in [5, 5.41) is 12.9. The van der Waals surface area contributed by atoms with Gasteiger partial charge in [-0.1, -0.05) is 63.0 Å². The van der Waals surface area contributed by atoms with E-state index in [-0.39, 0.29) is 17.8 Å². The number of nitrogens with zero attached hydrogens (tertiary/aromatic N) is 3. The molecule has 0 fully saturated rings. The monoisotopic (exact) mass is 528 g/mol. The summed E-state index contributed by atoms with van der Waals surface area (Å²) in [6.07, 6.45) is -0.359. The third-order valence-electron chi connectivity index (χ3n) is 4.10. The lowest BCUT2D eigenvalue weighted by molar-refractivity contribution is -0.113. The first-order valence-corrected chi connectivity index (χ1v) is 11.6. The fraction of sp³-hybridized carbons (Fsp3) is 0.250. The molecule has 0 spiro atoms. The lowest BCUT2D eigenvalue weighted by Gasteiger charge is -2.16. The molecule has 0 saturated carbocycles. The molecule has 1 amide bonds. The molecule has 30 heavy (non-hydrogen) atoms. The minimum atomic E-state index is -0.359. The number of benzene rings is 2. The molecule has 3 rings (SSSR count). The van der Waals surface area contributed by atoms with E-state index in [1.165, 1.54) is 11.8 Å². The van der Waals surface area contributed by atoms with Gasteiger partial charge in [-0.2, -0.15) is 0 Å². The maximum Gasteiger partial charge on any atom is 0.234 e. The van der Waals surface area contributed by atoms with Gasteiger partial charge in [0.05, 0.1) is 21.5 Å². The predicted molar refractivity (Wildman–Crippen MR) is 125 cm³/mol. The average molecular weight is 530 g/mol. The lowest BCUT2D eigenvalue weighted by atomic mass is 10.3. The van der Waals surface area contributed by atoms with E-state index in [4.69, 9.17) is 27.9 Å². The Kier molecular flexibility index (Phi) is 8.05. The molecular weight excluding hydrogens is 511 g/mol. The molecule has 0 aliphatic carbocycles. The van der Waals surface area contributed by atoms with Crippen molar-refractivity contribution in [3.05, 3.63) is 62.8 Å². The van der Waals surface area contributed by atoms with Crippen molar-refractivity contribution >= 4 is 62.5 Å². The smallest absolute Gasteiger partial charge is 0.234 e. The molecule has 1 heterocycles. The van der Waals surface area contributed by atoms with Gasteiger partial charge in [-0.05, 0) is 44.2 Å². The highest BCUT2D eigenvalue weighted by Gasteiger charge is 2.20. The molecule has 6 nitrogen and oxygen atoms in total. The molecule has 158 valence electrons. The van der Waals surface area contributed by atoms with Crippen LogP contribution in [0.25, 0.3) is 0 Å². The number of ether oxygens (including phenoxy) is 1. The van der Waals surface area contributed by atoms with Gasteiger partial charge < -0.3 is 14.6 Å². The molecule has 0 saturated heterocycles. The van der Waals surface area contributed by atoms with E-state index in [0.717, 1.165) is 4.47 Å². The standard InChI is InChI=1S/C20H19BrCl2N4O2S/c1-3-27-19(12(2)29-17-7-5-4-6-14(17)22)25-26-20(27)30-11-18(28)24-16-9-8-13(21)10-15(16)23/h4-10,12H,3,11H2,1-2H3,(H,24,28). The number of carbonyl (C=O) groups is 1. The van der Waals surface area contributed by atoms with Gasteiger partial charge in [-0.25, -0.2) is 0 Å². The van der Waals surface area contributed by atoms with Gasteiger partial charge >= 0.3 is 0 Å². The van der Waals surface area contributed by atoms with Crippen LogP contribution in [0.15, 0.2) is 52.1 Å². The van der Waals surface area contributed by atoms with Crippen molar-refractivity contribution in [2.45, 2.75) is 31.7 Å². The van der Waals surface area contributed by atoms with Gasteiger partial charge in [0, 0.05) is 11.0 Å². The van der Waals surface area contributed by atoms with E-state index in [1.54, 1.807) is 24.3 Å². The number of nitrogens with one attached hydrogen (secondary N) is 1. The Labute approximate surface area is 197 Å². The Hall–Kier alpha value is -1.74. The van der Waals surface area contributed by atoms with Gasteiger partial charge in [-0.3, -0.25) is 4.79 Å². The number of hydrogen-bond acceptors (Lipinski definition) is 5. The second-order valence-electron chi connectivity index (χ2n) is 6.24. The fourth-order valence-corrected chi connectivity index (χ4v) is 4.41. The third-order valence-corrected chi connectivity index (χ3v) is 6.19. The molecular formula is C20H19BrCl2N4O2S. The van der Waals surface area contributed by atoms with Crippen molar-refractivity contribution in [2.24, 2.45) is 0 Å². The SMILES string of the molecule is CCn1c(SCC(=O)Nc2ccc(Br)cc2Cl)nnc1C(C)Oc1ccccc1Cl. The van der Waals surface area contributed by atoms with Gasteiger partial charge in [0.2, 0.25) is 5.91 Å². The number of rotatable bonds is 8.